The zero-order valence-corrected chi connectivity index (χ0v) is 13.3. The number of anilines is 1. The number of benzene rings is 1. The summed E-state index contributed by atoms with van der Waals surface area (Å²) in [6.07, 6.45) is 0. The quantitative estimate of drug-likeness (QED) is 0.836. The summed E-state index contributed by atoms with van der Waals surface area (Å²) in [5.41, 5.74) is 1.72. The van der Waals surface area contributed by atoms with Gasteiger partial charge in [0.05, 0.1) is 10.7 Å². The summed E-state index contributed by atoms with van der Waals surface area (Å²) in [6, 6.07) is 7.16. The van der Waals surface area contributed by atoms with E-state index >= 15 is 0 Å². The Morgan fingerprint density at radius 2 is 2.26 bits per heavy atom. The van der Waals surface area contributed by atoms with E-state index < -0.39 is 0 Å². The summed E-state index contributed by atoms with van der Waals surface area (Å²) in [7, 11) is 1.75. The third-order valence-corrected chi connectivity index (χ3v) is 4.06. The zero-order valence-electron chi connectivity index (χ0n) is 10.2. The van der Waals surface area contributed by atoms with Gasteiger partial charge < -0.3 is 10.2 Å². The van der Waals surface area contributed by atoms with E-state index in [9.17, 15) is 4.79 Å². The lowest BCUT2D eigenvalue weighted by atomic mass is 10.3. The number of rotatable bonds is 3. The van der Waals surface area contributed by atoms with E-state index in [0.29, 0.717) is 17.3 Å². The number of amides is 2. The zero-order chi connectivity index (χ0) is 13.8. The van der Waals surface area contributed by atoms with Gasteiger partial charge in [-0.3, -0.25) is 0 Å². The minimum Gasteiger partial charge on any atom is -0.323 e. The molecule has 6 heteroatoms. The molecular weight excluding hydrogens is 348 g/mol. The normalized spacial score (nSPS) is 10.3. The highest BCUT2D eigenvalue weighted by molar-refractivity contribution is 9.10. The molecule has 2 amide bonds. The summed E-state index contributed by atoms with van der Waals surface area (Å²) in [5, 5.41) is 7.31. The molecule has 19 heavy (non-hydrogen) atoms. The van der Waals surface area contributed by atoms with E-state index in [-0.39, 0.29) is 6.03 Å². The molecule has 2 aromatic rings. The maximum absolute atomic E-state index is 12.0. The first kappa shape index (κ1) is 14.4. The highest BCUT2D eigenvalue weighted by Gasteiger charge is 2.11. The largest absolute Gasteiger partial charge is 0.323 e. The van der Waals surface area contributed by atoms with Crippen LogP contribution in [0.1, 0.15) is 5.56 Å². The molecule has 0 saturated carbocycles. The first-order valence-electron chi connectivity index (χ1n) is 5.54. The van der Waals surface area contributed by atoms with Crippen molar-refractivity contribution in [2.45, 2.75) is 6.54 Å². The van der Waals surface area contributed by atoms with Crippen molar-refractivity contribution in [3.63, 3.8) is 0 Å². The molecule has 0 aliphatic heterocycles. The van der Waals surface area contributed by atoms with E-state index in [1.54, 1.807) is 35.4 Å². The number of thiophene rings is 1. The van der Waals surface area contributed by atoms with Gasteiger partial charge in [0.1, 0.15) is 0 Å². The van der Waals surface area contributed by atoms with E-state index in [1.807, 2.05) is 22.9 Å². The third-order valence-electron chi connectivity index (χ3n) is 2.52. The average Bonchev–Trinajstić information content (AvgIpc) is 2.85. The van der Waals surface area contributed by atoms with E-state index in [0.717, 1.165) is 10.0 Å². The van der Waals surface area contributed by atoms with Crippen molar-refractivity contribution in [1.82, 2.24) is 4.90 Å². The van der Waals surface area contributed by atoms with Crippen LogP contribution in [0.4, 0.5) is 10.5 Å². The summed E-state index contributed by atoms with van der Waals surface area (Å²) in [5.74, 6) is 0. The van der Waals surface area contributed by atoms with Gasteiger partial charge in [-0.15, -0.1) is 0 Å². The minimum absolute atomic E-state index is 0.185. The van der Waals surface area contributed by atoms with Crippen LogP contribution in [0.3, 0.4) is 0 Å². The molecule has 1 N–H and O–H groups in total. The fourth-order valence-electron chi connectivity index (χ4n) is 1.53. The molecule has 1 heterocycles. The van der Waals surface area contributed by atoms with Crippen LogP contribution in [0.2, 0.25) is 5.02 Å². The van der Waals surface area contributed by atoms with Crippen molar-refractivity contribution >= 4 is 50.6 Å². The second kappa shape index (κ2) is 6.41. The van der Waals surface area contributed by atoms with Crippen LogP contribution < -0.4 is 5.32 Å². The summed E-state index contributed by atoms with van der Waals surface area (Å²) in [4.78, 5) is 13.6. The Morgan fingerprint density at radius 1 is 1.47 bits per heavy atom. The van der Waals surface area contributed by atoms with E-state index in [1.165, 1.54) is 0 Å². The smallest absolute Gasteiger partial charge is 0.321 e. The van der Waals surface area contributed by atoms with Crippen molar-refractivity contribution in [3.8, 4) is 0 Å². The van der Waals surface area contributed by atoms with Gasteiger partial charge >= 0.3 is 6.03 Å². The predicted octanol–water partition coefficient (Wildman–Crippen LogP) is 4.83. The molecule has 0 bridgehead atoms. The molecule has 0 spiro atoms. The molecule has 0 saturated heterocycles. The number of nitrogens with one attached hydrogen (secondary N) is 1. The number of carbonyl (C=O) groups is 1. The van der Waals surface area contributed by atoms with Gasteiger partial charge in [-0.2, -0.15) is 11.3 Å². The Labute approximate surface area is 129 Å². The SMILES string of the molecule is CN(Cc1ccsc1)C(=O)Nc1ccc(Br)cc1Cl. The fourth-order valence-corrected chi connectivity index (χ4v) is 2.91. The summed E-state index contributed by atoms with van der Waals surface area (Å²) < 4.78 is 0.877. The lowest BCUT2D eigenvalue weighted by Crippen LogP contribution is -2.30. The molecule has 0 fully saturated rings. The fraction of sp³-hybridized carbons (Fsp3) is 0.154. The number of nitrogens with zero attached hydrogens (tertiary/aromatic N) is 1. The van der Waals surface area contributed by atoms with Crippen molar-refractivity contribution in [2.24, 2.45) is 0 Å². The highest BCUT2D eigenvalue weighted by Crippen LogP contribution is 2.25. The first-order valence-corrected chi connectivity index (χ1v) is 7.66. The van der Waals surface area contributed by atoms with Crippen molar-refractivity contribution in [3.05, 3.63) is 50.1 Å². The number of hydrogen-bond acceptors (Lipinski definition) is 2. The van der Waals surface area contributed by atoms with Crippen LogP contribution in [-0.4, -0.2) is 18.0 Å². The van der Waals surface area contributed by atoms with Crippen LogP contribution >= 0.6 is 38.9 Å². The van der Waals surface area contributed by atoms with Gasteiger partial charge in [0.15, 0.2) is 0 Å². The van der Waals surface area contributed by atoms with Crippen LogP contribution in [0, 0.1) is 0 Å². The van der Waals surface area contributed by atoms with Gasteiger partial charge in [-0.1, -0.05) is 27.5 Å². The monoisotopic (exact) mass is 358 g/mol. The third kappa shape index (κ3) is 3.96. The maximum Gasteiger partial charge on any atom is 0.321 e. The first-order chi connectivity index (χ1) is 9.06. The number of hydrogen-bond donors (Lipinski definition) is 1. The Morgan fingerprint density at radius 3 is 2.89 bits per heavy atom. The molecule has 2 rings (SSSR count). The van der Waals surface area contributed by atoms with Crippen LogP contribution in [0.15, 0.2) is 39.5 Å². The molecule has 0 atom stereocenters. The van der Waals surface area contributed by atoms with Crippen molar-refractivity contribution in [2.75, 3.05) is 12.4 Å². The van der Waals surface area contributed by atoms with Gasteiger partial charge in [-0.25, -0.2) is 4.79 Å². The number of urea groups is 1. The lowest BCUT2D eigenvalue weighted by Gasteiger charge is -2.18. The molecule has 1 aromatic carbocycles. The minimum atomic E-state index is -0.185. The molecule has 100 valence electrons. The Kier molecular flexibility index (Phi) is 4.85. The maximum atomic E-state index is 12.0. The average molecular weight is 360 g/mol. The molecular formula is C13H12BrClN2OS. The topological polar surface area (TPSA) is 32.3 Å². The Hall–Kier alpha value is -1.04. The molecule has 0 unspecified atom stereocenters. The second-order valence-electron chi connectivity index (χ2n) is 4.04. The lowest BCUT2D eigenvalue weighted by molar-refractivity contribution is 0.221. The van der Waals surface area contributed by atoms with Crippen molar-refractivity contribution in [1.29, 1.82) is 0 Å². The molecule has 0 aliphatic rings. The Balaban J connectivity index is 2.00. The van der Waals surface area contributed by atoms with Crippen LogP contribution in [0.25, 0.3) is 0 Å². The van der Waals surface area contributed by atoms with Crippen molar-refractivity contribution < 1.29 is 4.79 Å². The second-order valence-corrected chi connectivity index (χ2v) is 6.14. The predicted molar refractivity (Wildman–Crippen MR) is 84.0 cm³/mol. The molecule has 0 aliphatic carbocycles. The number of halogens is 2. The Bertz CT molecular complexity index is 574. The van der Waals surface area contributed by atoms with Gasteiger partial charge in [0.25, 0.3) is 0 Å². The van der Waals surface area contributed by atoms with E-state index in [2.05, 4.69) is 21.2 Å². The highest BCUT2D eigenvalue weighted by atomic mass is 79.9. The van der Waals surface area contributed by atoms with Gasteiger partial charge in [0, 0.05) is 18.1 Å². The summed E-state index contributed by atoms with van der Waals surface area (Å²) in [6.45, 7) is 0.573. The standard InChI is InChI=1S/C13H12BrClN2OS/c1-17(7-9-4-5-19-8-9)13(18)16-12-3-2-10(14)6-11(12)15/h2-6,8H,7H2,1H3,(H,16,18). The van der Waals surface area contributed by atoms with Gasteiger partial charge in [-0.05, 0) is 40.6 Å². The summed E-state index contributed by atoms with van der Waals surface area (Å²) >= 11 is 11.0. The molecule has 0 radical (unpaired) electrons. The number of carbonyl (C=O) groups excluding carboxylic acids is 1. The van der Waals surface area contributed by atoms with Gasteiger partial charge in [0.2, 0.25) is 0 Å². The van der Waals surface area contributed by atoms with Crippen LogP contribution in [-0.2, 0) is 6.54 Å². The van der Waals surface area contributed by atoms with Crippen LogP contribution in [0.5, 0.6) is 0 Å². The molecule has 1 aromatic heterocycles. The van der Waals surface area contributed by atoms with E-state index in [4.69, 9.17) is 11.6 Å². The molecule has 3 nitrogen and oxygen atoms in total.